The van der Waals surface area contributed by atoms with E-state index in [4.69, 9.17) is 4.74 Å². The van der Waals surface area contributed by atoms with Crippen molar-refractivity contribution in [1.82, 2.24) is 15.5 Å². The molecule has 2 heterocycles. The Bertz CT molecular complexity index is 795. The van der Waals surface area contributed by atoms with Gasteiger partial charge in [0.2, 0.25) is 5.91 Å². The summed E-state index contributed by atoms with van der Waals surface area (Å²) >= 11 is 0. The van der Waals surface area contributed by atoms with Crippen molar-refractivity contribution < 1.29 is 14.3 Å². The third kappa shape index (κ3) is 3.61. The van der Waals surface area contributed by atoms with Crippen LogP contribution in [0.4, 0.5) is 5.69 Å². The van der Waals surface area contributed by atoms with Gasteiger partial charge in [0.05, 0.1) is 25.5 Å². The maximum Gasteiger partial charge on any atom is 0.251 e. The summed E-state index contributed by atoms with van der Waals surface area (Å²) < 4.78 is 5.44. The van der Waals surface area contributed by atoms with Crippen LogP contribution in [0.2, 0.25) is 0 Å². The SMILES string of the molecule is C=CC(=O)N(C)c1ccc(C(=O)NCc2n[nH]c3c2COCC3)cc1. The van der Waals surface area contributed by atoms with Gasteiger partial charge in [-0.05, 0) is 30.3 Å². The molecule has 1 aromatic heterocycles. The van der Waals surface area contributed by atoms with Crippen LogP contribution in [0.15, 0.2) is 36.9 Å². The summed E-state index contributed by atoms with van der Waals surface area (Å²) in [6, 6.07) is 6.81. The number of aromatic nitrogens is 2. The van der Waals surface area contributed by atoms with Crippen LogP contribution in [0.3, 0.4) is 0 Å². The summed E-state index contributed by atoms with van der Waals surface area (Å²) in [5.74, 6) is -0.402. The molecule has 25 heavy (non-hydrogen) atoms. The highest BCUT2D eigenvalue weighted by Gasteiger charge is 2.18. The first kappa shape index (κ1) is 16.9. The van der Waals surface area contributed by atoms with E-state index in [2.05, 4.69) is 22.1 Å². The predicted molar refractivity (Wildman–Crippen MR) is 93.2 cm³/mol. The van der Waals surface area contributed by atoms with Crippen molar-refractivity contribution >= 4 is 17.5 Å². The van der Waals surface area contributed by atoms with Crippen molar-refractivity contribution in [2.75, 3.05) is 18.6 Å². The van der Waals surface area contributed by atoms with E-state index in [9.17, 15) is 9.59 Å². The summed E-state index contributed by atoms with van der Waals surface area (Å²) in [5.41, 5.74) is 4.13. The number of nitrogens with zero attached hydrogens (tertiary/aromatic N) is 2. The van der Waals surface area contributed by atoms with E-state index in [0.717, 1.165) is 23.4 Å². The van der Waals surface area contributed by atoms with Gasteiger partial charge in [-0.25, -0.2) is 0 Å². The Kier molecular flexibility index (Phi) is 4.95. The van der Waals surface area contributed by atoms with E-state index in [1.807, 2.05) is 0 Å². The number of hydrogen-bond acceptors (Lipinski definition) is 4. The average Bonchev–Trinajstić information content (AvgIpc) is 3.08. The Morgan fingerprint density at radius 2 is 2.16 bits per heavy atom. The molecule has 2 N–H and O–H groups in total. The maximum absolute atomic E-state index is 12.3. The number of carbonyl (C=O) groups excluding carboxylic acids is 2. The molecule has 7 nitrogen and oxygen atoms in total. The number of benzene rings is 1. The minimum absolute atomic E-state index is 0.197. The molecular formula is C18H20N4O3. The Morgan fingerprint density at radius 3 is 2.88 bits per heavy atom. The summed E-state index contributed by atoms with van der Waals surface area (Å²) in [6.45, 7) is 5.01. The van der Waals surface area contributed by atoms with Crippen molar-refractivity contribution in [1.29, 1.82) is 0 Å². The second kappa shape index (κ2) is 7.31. The minimum atomic E-state index is -0.206. The quantitative estimate of drug-likeness (QED) is 0.809. The fraction of sp³-hybridized carbons (Fsp3) is 0.278. The number of H-pyrrole nitrogens is 1. The highest BCUT2D eigenvalue weighted by molar-refractivity contribution is 6.01. The molecule has 1 aliphatic rings. The van der Waals surface area contributed by atoms with Gasteiger partial charge in [0, 0.05) is 36.0 Å². The fourth-order valence-electron chi connectivity index (χ4n) is 2.68. The Morgan fingerprint density at radius 1 is 1.40 bits per heavy atom. The number of amides is 2. The molecule has 7 heteroatoms. The summed E-state index contributed by atoms with van der Waals surface area (Å²) in [4.78, 5) is 25.4. The molecule has 1 aliphatic heterocycles. The number of anilines is 1. The zero-order valence-electron chi connectivity index (χ0n) is 14.0. The Labute approximate surface area is 145 Å². The van der Waals surface area contributed by atoms with Gasteiger partial charge in [0.1, 0.15) is 0 Å². The van der Waals surface area contributed by atoms with Crippen LogP contribution in [0.1, 0.15) is 27.3 Å². The van der Waals surface area contributed by atoms with Crippen molar-refractivity contribution in [2.24, 2.45) is 0 Å². The van der Waals surface area contributed by atoms with Gasteiger partial charge in [0.25, 0.3) is 5.91 Å². The van der Waals surface area contributed by atoms with E-state index in [-0.39, 0.29) is 11.8 Å². The molecule has 0 radical (unpaired) electrons. The van der Waals surface area contributed by atoms with Crippen molar-refractivity contribution in [2.45, 2.75) is 19.6 Å². The number of carbonyl (C=O) groups is 2. The number of hydrogen-bond donors (Lipinski definition) is 2. The van der Waals surface area contributed by atoms with Crippen LogP contribution >= 0.6 is 0 Å². The molecule has 0 unspecified atom stereocenters. The fourth-order valence-corrected chi connectivity index (χ4v) is 2.68. The molecule has 3 rings (SSSR count). The largest absolute Gasteiger partial charge is 0.376 e. The number of likely N-dealkylation sites (N-methyl/N-ethyl adjacent to an activating group) is 1. The third-order valence-electron chi connectivity index (χ3n) is 4.22. The maximum atomic E-state index is 12.3. The lowest BCUT2D eigenvalue weighted by Crippen LogP contribution is -2.25. The first-order chi connectivity index (χ1) is 12.1. The topological polar surface area (TPSA) is 87.3 Å². The zero-order chi connectivity index (χ0) is 17.8. The molecule has 0 spiro atoms. The molecule has 130 valence electrons. The van der Waals surface area contributed by atoms with Crippen molar-refractivity contribution in [3.63, 3.8) is 0 Å². The first-order valence-corrected chi connectivity index (χ1v) is 8.01. The summed E-state index contributed by atoms with van der Waals surface area (Å²) in [7, 11) is 1.65. The van der Waals surface area contributed by atoms with Gasteiger partial charge in [-0.3, -0.25) is 14.7 Å². The van der Waals surface area contributed by atoms with Gasteiger partial charge in [-0.2, -0.15) is 5.10 Å². The molecule has 0 saturated carbocycles. The van der Waals surface area contributed by atoms with E-state index in [1.54, 1.807) is 31.3 Å². The molecule has 2 amide bonds. The monoisotopic (exact) mass is 340 g/mol. The van der Waals surface area contributed by atoms with Crippen molar-refractivity contribution in [3.8, 4) is 0 Å². The number of ether oxygens (including phenoxy) is 1. The van der Waals surface area contributed by atoms with Gasteiger partial charge in [-0.1, -0.05) is 6.58 Å². The first-order valence-electron chi connectivity index (χ1n) is 8.01. The van der Waals surface area contributed by atoms with Crippen LogP contribution in [-0.4, -0.2) is 35.7 Å². The number of rotatable bonds is 5. The number of fused-ring (bicyclic) bond motifs is 1. The molecule has 1 aromatic carbocycles. The molecule has 0 atom stereocenters. The number of aromatic amines is 1. The molecule has 0 saturated heterocycles. The smallest absolute Gasteiger partial charge is 0.251 e. The lowest BCUT2D eigenvalue weighted by atomic mass is 10.1. The van der Waals surface area contributed by atoms with Crippen molar-refractivity contribution in [3.05, 3.63) is 59.4 Å². The van der Waals surface area contributed by atoms with Crippen LogP contribution in [0.25, 0.3) is 0 Å². The summed E-state index contributed by atoms with van der Waals surface area (Å²) in [6.07, 6.45) is 2.06. The normalized spacial score (nSPS) is 13.0. The molecule has 0 bridgehead atoms. The average molecular weight is 340 g/mol. The lowest BCUT2D eigenvalue weighted by molar-refractivity contribution is -0.113. The van der Waals surface area contributed by atoms with E-state index in [0.29, 0.717) is 31.0 Å². The van der Waals surface area contributed by atoms with E-state index in [1.165, 1.54) is 11.0 Å². The van der Waals surface area contributed by atoms with Gasteiger partial charge in [-0.15, -0.1) is 0 Å². The second-order valence-electron chi connectivity index (χ2n) is 5.76. The van der Waals surface area contributed by atoms with Gasteiger partial charge >= 0.3 is 0 Å². The number of nitrogens with one attached hydrogen (secondary N) is 2. The van der Waals surface area contributed by atoms with Gasteiger partial charge < -0.3 is 15.0 Å². The molecular weight excluding hydrogens is 320 g/mol. The van der Waals surface area contributed by atoms with Crippen LogP contribution < -0.4 is 10.2 Å². The highest BCUT2D eigenvalue weighted by Crippen LogP contribution is 2.18. The van der Waals surface area contributed by atoms with E-state index >= 15 is 0 Å². The third-order valence-corrected chi connectivity index (χ3v) is 4.22. The standard InChI is InChI=1S/C18H20N4O3/c1-3-17(23)22(2)13-6-4-12(5-7-13)18(24)19-10-16-14-11-25-9-8-15(14)20-21-16/h3-7H,1,8-11H2,2H3,(H,19,24)(H,20,21). The lowest BCUT2D eigenvalue weighted by Gasteiger charge is -2.15. The zero-order valence-corrected chi connectivity index (χ0v) is 14.0. The minimum Gasteiger partial charge on any atom is -0.376 e. The van der Waals surface area contributed by atoms with Crippen LogP contribution in [0.5, 0.6) is 0 Å². The van der Waals surface area contributed by atoms with E-state index < -0.39 is 0 Å². The molecule has 2 aromatic rings. The van der Waals surface area contributed by atoms with Crippen LogP contribution in [0, 0.1) is 0 Å². The molecule has 0 aliphatic carbocycles. The molecule has 0 fully saturated rings. The highest BCUT2D eigenvalue weighted by atomic mass is 16.5. The summed E-state index contributed by atoms with van der Waals surface area (Å²) in [5, 5.41) is 10.1. The van der Waals surface area contributed by atoms with Gasteiger partial charge in [0.15, 0.2) is 0 Å². The Balaban J connectivity index is 1.63. The second-order valence-corrected chi connectivity index (χ2v) is 5.76. The predicted octanol–water partition coefficient (Wildman–Crippen LogP) is 1.56. The van der Waals surface area contributed by atoms with Crippen LogP contribution in [-0.2, 0) is 29.1 Å². The Hall–Kier alpha value is -2.93.